The summed E-state index contributed by atoms with van der Waals surface area (Å²) in [6.07, 6.45) is 7.30. The van der Waals surface area contributed by atoms with Gasteiger partial charge < -0.3 is 4.74 Å². The molecule has 0 aromatic carbocycles. The molecule has 16 heavy (non-hydrogen) atoms. The van der Waals surface area contributed by atoms with Crippen molar-refractivity contribution < 1.29 is 4.74 Å². The van der Waals surface area contributed by atoms with Crippen LogP contribution < -0.4 is 0 Å². The Kier molecular flexibility index (Phi) is 10.9. The van der Waals surface area contributed by atoms with E-state index < -0.39 is 0 Å². The molecule has 0 aromatic rings. The van der Waals surface area contributed by atoms with Crippen LogP contribution in [-0.2, 0) is 4.74 Å². The molecule has 96 valence electrons. The molecule has 0 aromatic heterocycles. The zero-order valence-electron chi connectivity index (χ0n) is 11.4. The molecule has 0 N–H and O–H groups in total. The molecule has 1 saturated heterocycles. The van der Waals surface area contributed by atoms with E-state index in [1.807, 2.05) is 19.9 Å². The van der Waals surface area contributed by atoms with Gasteiger partial charge in [0, 0.05) is 26.8 Å². The van der Waals surface area contributed by atoms with Gasteiger partial charge in [-0.3, -0.25) is 4.90 Å². The van der Waals surface area contributed by atoms with Crippen molar-refractivity contribution in [2.75, 3.05) is 33.4 Å². The minimum absolute atomic E-state index is 0.888. The molecule has 1 aliphatic rings. The van der Waals surface area contributed by atoms with Gasteiger partial charge in [0.2, 0.25) is 0 Å². The first-order chi connectivity index (χ1) is 7.86. The van der Waals surface area contributed by atoms with Gasteiger partial charge in [-0.05, 0) is 38.1 Å². The van der Waals surface area contributed by atoms with Crippen LogP contribution in [0.25, 0.3) is 0 Å². The van der Waals surface area contributed by atoms with Crippen molar-refractivity contribution in [1.29, 1.82) is 0 Å². The lowest BCUT2D eigenvalue weighted by atomic mass is 9.93. The van der Waals surface area contributed by atoms with E-state index in [2.05, 4.69) is 11.5 Å². The number of piperidine rings is 1. The Balaban J connectivity index is 0.00000106. The summed E-state index contributed by atoms with van der Waals surface area (Å²) in [6, 6.07) is 0. The van der Waals surface area contributed by atoms with Crippen LogP contribution in [0.4, 0.5) is 0 Å². The molecule has 1 heterocycles. The molecule has 0 amide bonds. The zero-order chi connectivity index (χ0) is 12.2. The van der Waals surface area contributed by atoms with E-state index in [0.29, 0.717) is 0 Å². The molecule has 1 atom stereocenters. The summed E-state index contributed by atoms with van der Waals surface area (Å²) < 4.78 is 5.08. The minimum atomic E-state index is 0.888. The van der Waals surface area contributed by atoms with Crippen molar-refractivity contribution in [1.82, 2.24) is 4.90 Å². The highest BCUT2D eigenvalue weighted by Gasteiger charge is 2.18. The molecule has 0 saturated carbocycles. The van der Waals surface area contributed by atoms with Crippen LogP contribution in [0.5, 0.6) is 0 Å². The van der Waals surface area contributed by atoms with Crippen molar-refractivity contribution >= 4 is 0 Å². The third-order valence-electron chi connectivity index (χ3n) is 2.95. The fourth-order valence-electron chi connectivity index (χ4n) is 2.25. The number of hydrogen-bond donors (Lipinski definition) is 0. The molecule has 1 fully saturated rings. The molecule has 2 heteroatoms. The number of hydrogen-bond acceptors (Lipinski definition) is 2. The number of methoxy groups -OCH3 is 1. The quantitative estimate of drug-likeness (QED) is 0.510. The molecular weight excluding hydrogens is 198 g/mol. The highest BCUT2D eigenvalue weighted by molar-refractivity contribution is 4.79. The standard InChI is InChI=1S/C12H23NO.C2H6/c1-3-8-13-9-4-6-12(11-13)7-5-10-14-2;1-2/h3,12H,1,4-11H2,2H3;1-2H3. The van der Waals surface area contributed by atoms with Gasteiger partial charge in [0.05, 0.1) is 0 Å². The van der Waals surface area contributed by atoms with Gasteiger partial charge in [-0.2, -0.15) is 0 Å². The average Bonchev–Trinajstić information content (AvgIpc) is 2.33. The zero-order valence-corrected chi connectivity index (χ0v) is 11.4. The van der Waals surface area contributed by atoms with E-state index in [-0.39, 0.29) is 0 Å². The molecule has 0 bridgehead atoms. The predicted molar refractivity (Wildman–Crippen MR) is 71.8 cm³/mol. The highest BCUT2D eigenvalue weighted by Crippen LogP contribution is 2.20. The first kappa shape index (κ1) is 15.7. The number of ether oxygens (including phenoxy) is 1. The summed E-state index contributed by atoms with van der Waals surface area (Å²) in [6.45, 7) is 12.3. The van der Waals surface area contributed by atoms with E-state index in [1.165, 1.54) is 38.8 Å². The summed E-state index contributed by atoms with van der Waals surface area (Å²) in [4.78, 5) is 2.51. The second kappa shape index (κ2) is 11.2. The lowest BCUT2D eigenvalue weighted by Crippen LogP contribution is -2.35. The lowest BCUT2D eigenvalue weighted by Gasteiger charge is -2.31. The maximum atomic E-state index is 5.08. The Labute approximate surface area is 102 Å². The Morgan fingerprint density at radius 1 is 1.44 bits per heavy atom. The van der Waals surface area contributed by atoms with Crippen molar-refractivity contribution in [3.8, 4) is 0 Å². The molecule has 0 spiro atoms. The van der Waals surface area contributed by atoms with Gasteiger partial charge >= 0.3 is 0 Å². The number of likely N-dealkylation sites (tertiary alicyclic amines) is 1. The molecule has 1 rings (SSSR count). The van der Waals surface area contributed by atoms with E-state index in [0.717, 1.165) is 19.1 Å². The maximum Gasteiger partial charge on any atom is 0.0462 e. The first-order valence-electron chi connectivity index (χ1n) is 6.69. The van der Waals surface area contributed by atoms with E-state index >= 15 is 0 Å². The molecule has 2 nitrogen and oxygen atoms in total. The number of rotatable bonds is 6. The van der Waals surface area contributed by atoms with Gasteiger partial charge in [0.15, 0.2) is 0 Å². The van der Waals surface area contributed by atoms with Crippen molar-refractivity contribution in [2.24, 2.45) is 5.92 Å². The molecule has 0 radical (unpaired) electrons. The largest absolute Gasteiger partial charge is 0.385 e. The maximum absolute atomic E-state index is 5.08. The summed E-state index contributed by atoms with van der Waals surface area (Å²) >= 11 is 0. The Bertz CT molecular complexity index is 159. The van der Waals surface area contributed by atoms with E-state index in [1.54, 1.807) is 7.11 Å². The summed E-state index contributed by atoms with van der Waals surface area (Å²) in [5.41, 5.74) is 0. The second-order valence-electron chi connectivity index (χ2n) is 4.19. The van der Waals surface area contributed by atoms with Gasteiger partial charge in [-0.25, -0.2) is 0 Å². The molecule has 1 unspecified atom stereocenters. The Morgan fingerprint density at radius 3 is 2.81 bits per heavy atom. The smallest absolute Gasteiger partial charge is 0.0462 e. The normalized spacial score (nSPS) is 21.1. The van der Waals surface area contributed by atoms with Crippen LogP contribution in [0.15, 0.2) is 12.7 Å². The van der Waals surface area contributed by atoms with Crippen molar-refractivity contribution in [3.63, 3.8) is 0 Å². The van der Waals surface area contributed by atoms with Crippen LogP contribution in [0.3, 0.4) is 0 Å². The molecule has 1 aliphatic heterocycles. The van der Waals surface area contributed by atoms with Gasteiger partial charge in [0.1, 0.15) is 0 Å². The third kappa shape index (κ3) is 7.02. The minimum Gasteiger partial charge on any atom is -0.385 e. The van der Waals surface area contributed by atoms with Crippen LogP contribution in [0.2, 0.25) is 0 Å². The lowest BCUT2D eigenvalue weighted by molar-refractivity contribution is 0.155. The van der Waals surface area contributed by atoms with Crippen LogP contribution in [-0.4, -0.2) is 38.3 Å². The van der Waals surface area contributed by atoms with Gasteiger partial charge in [-0.15, -0.1) is 6.58 Å². The molecular formula is C14H29NO. The third-order valence-corrected chi connectivity index (χ3v) is 2.95. The van der Waals surface area contributed by atoms with Crippen LogP contribution >= 0.6 is 0 Å². The summed E-state index contributed by atoms with van der Waals surface area (Å²) in [5.74, 6) is 0.888. The van der Waals surface area contributed by atoms with Crippen LogP contribution in [0, 0.1) is 5.92 Å². The highest BCUT2D eigenvalue weighted by atomic mass is 16.5. The Morgan fingerprint density at radius 2 is 2.19 bits per heavy atom. The van der Waals surface area contributed by atoms with Crippen molar-refractivity contribution in [3.05, 3.63) is 12.7 Å². The van der Waals surface area contributed by atoms with Crippen molar-refractivity contribution in [2.45, 2.75) is 39.5 Å². The predicted octanol–water partition coefficient (Wildman–Crippen LogP) is 3.34. The SMILES string of the molecule is C=CCN1CCCC(CCCOC)C1.CC. The van der Waals surface area contributed by atoms with Crippen LogP contribution in [0.1, 0.15) is 39.5 Å². The summed E-state index contributed by atoms with van der Waals surface area (Å²) in [5, 5.41) is 0. The Hall–Kier alpha value is -0.340. The fraction of sp³-hybridized carbons (Fsp3) is 0.857. The average molecular weight is 227 g/mol. The van der Waals surface area contributed by atoms with E-state index in [4.69, 9.17) is 4.74 Å². The molecule has 0 aliphatic carbocycles. The fourth-order valence-corrected chi connectivity index (χ4v) is 2.25. The van der Waals surface area contributed by atoms with Gasteiger partial charge in [-0.1, -0.05) is 19.9 Å². The second-order valence-corrected chi connectivity index (χ2v) is 4.19. The monoisotopic (exact) mass is 227 g/mol. The van der Waals surface area contributed by atoms with Gasteiger partial charge in [0.25, 0.3) is 0 Å². The van der Waals surface area contributed by atoms with E-state index in [9.17, 15) is 0 Å². The first-order valence-corrected chi connectivity index (χ1v) is 6.69. The topological polar surface area (TPSA) is 12.5 Å². The summed E-state index contributed by atoms with van der Waals surface area (Å²) in [7, 11) is 1.78. The number of nitrogens with zero attached hydrogens (tertiary/aromatic N) is 1.